The molecule has 3 aliphatic carbocycles. The van der Waals surface area contributed by atoms with Crippen LogP contribution in [0, 0.1) is 0 Å². The van der Waals surface area contributed by atoms with E-state index in [1.165, 1.54) is 96.3 Å². The number of nitrogens with zero attached hydrogens (tertiary/aromatic N) is 2. The van der Waals surface area contributed by atoms with Gasteiger partial charge in [0.15, 0.2) is 10.2 Å². The molecule has 204 valence electrons. The van der Waals surface area contributed by atoms with Gasteiger partial charge in [-0.2, -0.15) is 0 Å². The number of thiocarbonyl (C=S) groups is 2. The lowest BCUT2D eigenvalue weighted by Crippen LogP contribution is -2.54. The van der Waals surface area contributed by atoms with Crippen molar-refractivity contribution in [3.8, 4) is 0 Å². The highest BCUT2D eigenvalue weighted by molar-refractivity contribution is 7.80. The Balaban J connectivity index is 0.000000287. The predicted octanol–water partition coefficient (Wildman–Crippen LogP) is 7.55. The van der Waals surface area contributed by atoms with Crippen LogP contribution in [0.15, 0.2) is 0 Å². The fraction of sp³-hybridized carbons (Fsp3) is 0.931. The van der Waals surface area contributed by atoms with E-state index in [1.807, 2.05) is 0 Å². The molecular formula is C29H56N4S2. The summed E-state index contributed by atoms with van der Waals surface area (Å²) in [5, 5.41) is 9.05. The Morgan fingerprint density at radius 3 is 1.51 bits per heavy atom. The molecular weight excluding hydrogens is 468 g/mol. The van der Waals surface area contributed by atoms with Gasteiger partial charge in [0, 0.05) is 37.8 Å². The molecule has 0 radical (unpaired) electrons. The molecule has 3 saturated carbocycles. The van der Waals surface area contributed by atoms with Crippen molar-refractivity contribution in [3.05, 3.63) is 0 Å². The molecule has 0 aromatic heterocycles. The van der Waals surface area contributed by atoms with Crippen LogP contribution in [0.5, 0.6) is 0 Å². The maximum atomic E-state index is 5.93. The zero-order valence-electron chi connectivity index (χ0n) is 23.3. The molecule has 0 amide bonds. The maximum absolute atomic E-state index is 5.93. The molecule has 6 heteroatoms. The van der Waals surface area contributed by atoms with E-state index in [2.05, 4.69) is 41.2 Å². The van der Waals surface area contributed by atoms with Crippen molar-refractivity contribution in [1.29, 1.82) is 0 Å². The second kappa shape index (κ2) is 18.6. The summed E-state index contributed by atoms with van der Waals surface area (Å²) < 4.78 is 0. The van der Waals surface area contributed by atoms with Gasteiger partial charge in [0.05, 0.1) is 0 Å². The van der Waals surface area contributed by atoms with E-state index in [0.717, 1.165) is 61.2 Å². The monoisotopic (exact) mass is 524 g/mol. The Bertz CT molecular complexity index is 543. The minimum atomic E-state index is 0.649. The SMILES string of the molecule is CCCNC(=S)N(CCC)CCC.S=C(NC1CCCCC1)N(C1CCCCC1)C1CCCCC1. The van der Waals surface area contributed by atoms with Crippen LogP contribution < -0.4 is 10.6 Å². The lowest BCUT2D eigenvalue weighted by atomic mass is 9.89. The van der Waals surface area contributed by atoms with Gasteiger partial charge in [0.2, 0.25) is 0 Å². The summed E-state index contributed by atoms with van der Waals surface area (Å²) in [5.74, 6) is 0. The first-order chi connectivity index (χ1) is 17.1. The van der Waals surface area contributed by atoms with E-state index in [0.29, 0.717) is 6.04 Å². The van der Waals surface area contributed by atoms with Gasteiger partial charge in [0.1, 0.15) is 0 Å². The van der Waals surface area contributed by atoms with Crippen molar-refractivity contribution in [1.82, 2.24) is 20.4 Å². The van der Waals surface area contributed by atoms with Crippen LogP contribution in [0.3, 0.4) is 0 Å². The first kappa shape index (κ1) is 30.6. The minimum Gasteiger partial charge on any atom is -0.363 e. The number of hydrogen-bond donors (Lipinski definition) is 2. The molecule has 4 nitrogen and oxygen atoms in total. The molecule has 0 unspecified atom stereocenters. The first-order valence-corrected chi connectivity index (χ1v) is 16.0. The van der Waals surface area contributed by atoms with Gasteiger partial charge in [-0.3, -0.25) is 0 Å². The average molecular weight is 525 g/mol. The Morgan fingerprint density at radius 2 is 1.09 bits per heavy atom. The number of rotatable bonds is 9. The quantitative estimate of drug-likeness (QED) is 0.303. The molecule has 3 aliphatic rings. The van der Waals surface area contributed by atoms with Gasteiger partial charge in [-0.05, 0) is 82.2 Å². The van der Waals surface area contributed by atoms with Crippen molar-refractivity contribution >= 4 is 34.7 Å². The summed E-state index contributed by atoms with van der Waals surface area (Å²) in [4.78, 5) is 4.94. The molecule has 0 bridgehead atoms. The highest BCUT2D eigenvalue weighted by atomic mass is 32.1. The molecule has 3 fully saturated rings. The van der Waals surface area contributed by atoms with E-state index in [9.17, 15) is 0 Å². The first-order valence-electron chi connectivity index (χ1n) is 15.2. The summed E-state index contributed by atoms with van der Waals surface area (Å²) in [7, 11) is 0. The van der Waals surface area contributed by atoms with Crippen molar-refractivity contribution in [3.63, 3.8) is 0 Å². The highest BCUT2D eigenvalue weighted by Gasteiger charge is 2.31. The topological polar surface area (TPSA) is 30.5 Å². The molecule has 2 N–H and O–H groups in total. The molecule has 0 saturated heterocycles. The highest BCUT2D eigenvalue weighted by Crippen LogP contribution is 2.30. The maximum Gasteiger partial charge on any atom is 0.169 e. The van der Waals surface area contributed by atoms with Crippen molar-refractivity contribution in [2.24, 2.45) is 0 Å². The summed E-state index contributed by atoms with van der Waals surface area (Å²) in [6, 6.07) is 2.09. The largest absolute Gasteiger partial charge is 0.363 e. The third kappa shape index (κ3) is 11.5. The van der Waals surface area contributed by atoms with Crippen LogP contribution in [-0.4, -0.2) is 57.8 Å². The van der Waals surface area contributed by atoms with Crippen LogP contribution in [0.25, 0.3) is 0 Å². The van der Waals surface area contributed by atoms with Crippen LogP contribution in [0.1, 0.15) is 136 Å². The fourth-order valence-electron chi connectivity index (χ4n) is 6.04. The van der Waals surface area contributed by atoms with E-state index in [4.69, 9.17) is 24.4 Å². The van der Waals surface area contributed by atoms with Gasteiger partial charge in [-0.25, -0.2) is 0 Å². The number of nitrogens with one attached hydrogen (secondary N) is 2. The van der Waals surface area contributed by atoms with Gasteiger partial charge < -0.3 is 20.4 Å². The second-order valence-corrected chi connectivity index (χ2v) is 11.8. The third-order valence-electron chi connectivity index (χ3n) is 7.90. The van der Waals surface area contributed by atoms with Gasteiger partial charge >= 0.3 is 0 Å². The lowest BCUT2D eigenvalue weighted by Gasteiger charge is -2.44. The van der Waals surface area contributed by atoms with Crippen LogP contribution in [0.2, 0.25) is 0 Å². The van der Waals surface area contributed by atoms with E-state index < -0.39 is 0 Å². The third-order valence-corrected chi connectivity index (χ3v) is 8.64. The van der Waals surface area contributed by atoms with Gasteiger partial charge in [-0.1, -0.05) is 78.6 Å². The van der Waals surface area contributed by atoms with Gasteiger partial charge in [-0.15, -0.1) is 0 Å². The average Bonchev–Trinajstić information content (AvgIpc) is 2.89. The van der Waals surface area contributed by atoms with Crippen LogP contribution in [-0.2, 0) is 0 Å². The molecule has 0 atom stereocenters. The molecule has 0 aliphatic heterocycles. The Morgan fingerprint density at radius 1 is 0.629 bits per heavy atom. The van der Waals surface area contributed by atoms with E-state index in [-0.39, 0.29) is 0 Å². The Labute approximate surface area is 228 Å². The minimum absolute atomic E-state index is 0.649. The van der Waals surface area contributed by atoms with Crippen molar-refractivity contribution in [2.75, 3.05) is 19.6 Å². The summed E-state index contributed by atoms with van der Waals surface area (Å²) >= 11 is 11.2. The van der Waals surface area contributed by atoms with E-state index >= 15 is 0 Å². The number of hydrogen-bond acceptors (Lipinski definition) is 2. The lowest BCUT2D eigenvalue weighted by molar-refractivity contribution is 0.154. The van der Waals surface area contributed by atoms with Gasteiger partial charge in [0.25, 0.3) is 0 Å². The summed E-state index contributed by atoms with van der Waals surface area (Å²) in [5.41, 5.74) is 0. The van der Waals surface area contributed by atoms with Crippen molar-refractivity contribution < 1.29 is 0 Å². The zero-order chi connectivity index (χ0) is 25.3. The van der Waals surface area contributed by atoms with E-state index in [1.54, 1.807) is 0 Å². The smallest absolute Gasteiger partial charge is 0.169 e. The molecule has 0 aromatic carbocycles. The second-order valence-electron chi connectivity index (χ2n) is 11.0. The Hall–Kier alpha value is -0.620. The molecule has 0 heterocycles. The molecule has 0 spiro atoms. The van der Waals surface area contributed by atoms with Crippen LogP contribution in [0.4, 0.5) is 0 Å². The van der Waals surface area contributed by atoms with Crippen molar-refractivity contribution in [2.45, 2.75) is 154 Å². The molecule has 0 aromatic rings. The zero-order valence-corrected chi connectivity index (χ0v) is 24.9. The summed E-state index contributed by atoms with van der Waals surface area (Å²) in [6.07, 6.45) is 24.2. The van der Waals surface area contributed by atoms with Crippen LogP contribution >= 0.6 is 24.4 Å². The summed E-state index contributed by atoms with van der Waals surface area (Å²) in [6.45, 7) is 9.66. The molecule has 35 heavy (non-hydrogen) atoms. The fourth-order valence-corrected chi connectivity index (χ4v) is 6.79. The normalized spacial score (nSPS) is 19.9. The molecule has 3 rings (SSSR count). The Kier molecular flexibility index (Phi) is 16.3. The predicted molar refractivity (Wildman–Crippen MR) is 161 cm³/mol. The standard InChI is InChI=1S/C19H34N2S.C10H22N2S/c22-19(20-16-10-4-1-5-11-16)21(17-12-6-2-7-13-17)18-14-8-3-9-15-18;1-4-7-11-10(13)12(8-5-2)9-6-3/h16-18H,1-15H2,(H,20,22);4-9H2,1-3H3,(H,11,13).